The van der Waals surface area contributed by atoms with Gasteiger partial charge < -0.3 is 15.5 Å². The van der Waals surface area contributed by atoms with Crippen LogP contribution >= 0.6 is 0 Å². The van der Waals surface area contributed by atoms with Gasteiger partial charge in [0.15, 0.2) is 0 Å². The molecule has 82 valence electrons. The number of rotatable bonds is 6. The van der Waals surface area contributed by atoms with Crippen molar-refractivity contribution < 1.29 is 4.79 Å². The Hall–Kier alpha value is -0.770. The predicted molar refractivity (Wildman–Crippen MR) is 57.3 cm³/mol. The van der Waals surface area contributed by atoms with Crippen LogP contribution in [0.25, 0.3) is 0 Å². The first kappa shape index (κ1) is 11.3. The van der Waals surface area contributed by atoms with Gasteiger partial charge in [-0.25, -0.2) is 4.79 Å². The quantitative estimate of drug-likeness (QED) is 0.621. The van der Waals surface area contributed by atoms with E-state index < -0.39 is 0 Å². The van der Waals surface area contributed by atoms with Crippen molar-refractivity contribution in [2.75, 3.05) is 26.2 Å². The number of amides is 2. The van der Waals surface area contributed by atoms with Crippen molar-refractivity contribution in [1.82, 2.24) is 15.5 Å². The van der Waals surface area contributed by atoms with Crippen molar-refractivity contribution in [3.63, 3.8) is 0 Å². The van der Waals surface area contributed by atoms with Gasteiger partial charge in [0, 0.05) is 25.7 Å². The van der Waals surface area contributed by atoms with Crippen LogP contribution in [0, 0.1) is 0 Å². The molecule has 1 rings (SSSR count). The molecule has 0 saturated carbocycles. The molecule has 1 heterocycles. The van der Waals surface area contributed by atoms with Gasteiger partial charge in [-0.15, -0.1) is 0 Å². The first-order valence-corrected chi connectivity index (χ1v) is 5.51. The minimum absolute atomic E-state index is 0.0785. The highest BCUT2D eigenvalue weighted by molar-refractivity contribution is 5.76. The zero-order chi connectivity index (χ0) is 10.4. The number of carbonyl (C=O) groups is 1. The van der Waals surface area contributed by atoms with Crippen molar-refractivity contribution in [2.45, 2.75) is 32.7 Å². The maximum atomic E-state index is 11.3. The first-order valence-electron chi connectivity index (χ1n) is 5.51. The summed E-state index contributed by atoms with van der Waals surface area (Å²) in [5.41, 5.74) is 0. The summed E-state index contributed by atoms with van der Waals surface area (Å²) in [6, 6.07) is 0.422. The van der Waals surface area contributed by atoms with E-state index in [1.807, 2.05) is 4.90 Å². The molecule has 1 saturated heterocycles. The molecule has 1 atom stereocenters. The van der Waals surface area contributed by atoms with Crippen LogP contribution in [0.1, 0.15) is 26.7 Å². The molecule has 14 heavy (non-hydrogen) atoms. The molecule has 0 radical (unpaired) electrons. The highest BCUT2D eigenvalue weighted by atomic mass is 16.2. The molecule has 1 aliphatic heterocycles. The number of carbonyl (C=O) groups excluding carboxylic acids is 1. The predicted octanol–water partition coefficient (Wildman–Crippen LogP) is 0.790. The highest BCUT2D eigenvalue weighted by Gasteiger charge is 2.25. The second kappa shape index (κ2) is 5.86. The van der Waals surface area contributed by atoms with Gasteiger partial charge in [0.25, 0.3) is 0 Å². The summed E-state index contributed by atoms with van der Waals surface area (Å²) >= 11 is 0. The first-order chi connectivity index (χ1) is 6.75. The van der Waals surface area contributed by atoms with E-state index in [0.717, 1.165) is 26.2 Å². The smallest absolute Gasteiger partial charge is 0.317 e. The zero-order valence-electron chi connectivity index (χ0n) is 9.18. The molecule has 0 aromatic rings. The Bertz CT molecular complexity index is 184. The Balaban J connectivity index is 2.08. The molecule has 0 spiro atoms. The number of unbranched alkanes of at least 4 members (excludes halogenated alkanes) is 1. The summed E-state index contributed by atoms with van der Waals surface area (Å²) in [5.74, 6) is 0. The lowest BCUT2D eigenvalue weighted by atomic mass is 10.3. The zero-order valence-corrected chi connectivity index (χ0v) is 9.18. The standard InChI is InChI=1S/C10H21N3O/c1-3-4-5-11-6-7-13-9(2)8-12-10(13)14/h9,11H,3-8H2,1-2H3,(H,12,14). The van der Waals surface area contributed by atoms with Crippen molar-refractivity contribution in [2.24, 2.45) is 0 Å². The van der Waals surface area contributed by atoms with E-state index in [0.29, 0.717) is 6.04 Å². The molecule has 0 bridgehead atoms. The normalized spacial score (nSPS) is 21.4. The third-order valence-electron chi connectivity index (χ3n) is 2.58. The van der Waals surface area contributed by atoms with Gasteiger partial charge in [-0.1, -0.05) is 13.3 Å². The largest absolute Gasteiger partial charge is 0.336 e. The molecule has 0 aromatic carbocycles. The van der Waals surface area contributed by atoms with Crippen LogP contribution in [0.4, 0.5) is 4.79 Å². The number of hydrogen-bond acceptors (Lipinski definition) is 2. The van der Waals surface area contributed by atoms with E-state index in [1.54, 1.807) is 0 Å². The van der Waals surface area contributed by atoms with Crippen LogP contribution in [0.3, 0.4) is 0 Å². The fraction of sp³-hybridized carbons (Fsp3) is 0.900. The average Bonchev–Trinajstić information content (AvgIpc) is 2.48. The maximum Gasteiger partial charge on any atom is 0.317 e. The van der Waals surface area contributed by atoms with E-state index in [4.69, 9.17) is 0 Å². The Morgan fingerprint density at radius 1 is 1.57 bits per heavy atom. The van der Waals surface area contributed by atoms with E-state index in [1.165, 1.54) is 12.8 Å². The van der Waals surface area contributed by atoms with Crippen molar-refractivity contribution in [3.8, 4) is 0 Å². The second-order valence-electron chi connectivity index (χ2n) is 3.83. The van der Waals surface area contributed by atoms with E-state index in [9.17, 15) is 4.79 Å². The van der Waals surface area contributed by atoms with Crippen LogP contribution in [-0.2, 0) is 0 Å². The summed E-state index contributed by atoms with van der Waals surface area (Å²) in [6.07, 6.45) is 2.43. The Morgan fingerprint density at radius 3 is 2.93 bits per heavy atom. The van der Waals surface area contributed by atoms with Crippen LogP contribution in [0.5, 0.6) is 0 Å². The Morgan fingerprint density at radius 2 is 2.36 bits per heavy atom. The molecule has 2 N–H and O–H groups in total. The number of nitrogens with one attached hydrogen (secondary N) is 2. The lowest BCUT2D eigenvalue weighted by molar-refractivity contribution is 0.207. The van der Waals surface area contributed by atoms with Crippen LogP contribution in [-0.4, -0.2) is 43.2 Å². The lowest BCUT2D eigenvalue weighted by Gasteiger charge is -2.19. The summed E-state index contributed by atoms with van der Waals surface area (Å²) in [6.45, 7) is 7.81. The summed E-state index contributed by atoms with van der Waals surface area (Å²) in [7, 11) is 0. The number of urea groups is 1. The van der Waals surface area contributed by atoms with Gasteiger partial charge in [-0.05, 0) is 19.9 Å². The molecule has 0 aromatic heterocycles. The minimum atomic E-state index is 0.0785. The van der Waals surface area contributed by atoms with Gasteiger partial charge in [0.2, 0.25) is 0 Å². The second-order valence-corrected chi connectivity index (χ2v) is 3.83. The van der Waals surface area contributed by atoms with E-state index >= 15 is 0 Å². The van der Waals surface area contributed by atoms with Gasteiger partial charge in [-0.2, -0.15) is 0 Å². The van der Waals surface area contributed by atoms with E-state index in [-0.39, 0.29) is 6.03 Å². The van der Waals surface area contributed by atoms with Crippen molar-refractivity contribution in [1.29, 1.82) is 0 Å². The van der Waals surface area contributed by atoms with Gasteiger partial charge in [0.05, 0.1) is 0 Å². The van der Waals surface area contributed by atoms with Crippen LogP contribution in [0.2, 0.25) is 0 Å². The molecule has 4 nitrogen and oxygen atoms in total. The maximum absolute atomic E-state index is 11.3. The topological polar surface area (TPSA) is 44.4 Å². The molecule has 0 aliphatic carbocycles. The molecule has 1 unspecified atom stereocenters. The van der Waals surface area contributed by atoms with Crippen LogP contribution < -0.4 is 10.6 Å². The molecule has 1 aliphatic rings. The van der Waals surface area contributed by atoms with Gasteiger partial charge in [0.1, 0.15) is 0 Å². The average molecular weight is 199 g/mol. The van der Waals surface area contributed by atoms with Gasteiger partial charge >= 0.3 is 6.03 Å². The van der Waals surface area contributed by atoms with Crippen molar-refractivity contribution in [3.05, 3.63) is 0 Å². The summed E-state index contributed by atoms with van der Waals surface area (Å²) < 4.78 is 0. The van der Waals surface area contributed by atoms with Crippen molar-refractivity contribution >= 4 is 6.03 Å². The number of nitrogens with zero attached hydrogens (tertiary/aromatic N) is 1. The Labute approximate surface area is 86.0 Å². The molecule has 2 amide bonds. The third kappa shape index (κ3) is 3.18. The highest BCUT2D eigenvalue weighted by Crippen LogP contribution is 2.04. The van der Waals surface area contributed by atoms with E-state index in [2.05, 4.69) is 24.5 Å². The molecular weight excluding hydrogens is 178 g/mol. The number of hydrogen-bond donors (Lipinski definition) is 2. The summed E-state index contributed by atoms with van der Waals surface area (Å²) in [4.78, 5) is 13.2. The SMILES string of the molecule is CCCCNCCN1C(=O)NCC1C. The minimum Gasteiger partial charge on any atom is -0.336 e. The third-order valence-corrected chi connectivity index (χ3v) is 2.58. The monoisotopic (exact) mass is 199 g/mol. The Kier molecular flexibility index (Phi) is 4.73. The van der Waals surface area contributed by atoms with Gasteiger partial charge in [-0.3, -0.25) is 0 Å². The fourth-order valence-electron chi connectivity index (χ4n) is 1.60. The molecule has 4 heteroatoms. The fourth-order valence-corrected chi connectivity index (χ4v) is 1.60. The molecule has 1 fully saturated rings. The summed E-state index contributed by atoms with van der Waals surface area (Å²) in [5, 5.41) is 6.16. The van der Waals surface area contributed by atoms with Crippen LogP contribution in [0.15, 0.2) is 0 Å². The lowest BCUT2D eigenvalue weighted by Crippen LogP contribution is -2.38. The molecular formula is C10H21N3O.